The molecule has 2 rings (SSSR count). The minimum atomic E-state index is -2.69. The molecule has 0 aromatic heterocycles. The molecule has 106 valence electrons. The van der Waals surface area contributed by atoms with Crippen molar-refractivity contribution in [3.8, 4) is 11.8 Å². The van der Waals surface area contributed by atoms with Crippen LogP contribution in [0.3, 0.4) is 0 Å². The van der Waals surface area contributed by atoms with Crippen LogP contribution in [-0.2, 0) is 15.1 Å². The fraction of sp³-hybridized carbons (Fsp3) is 0.0667. The van der Waals surface area contributed by atoms with E-state index in [4.69, 9.17) is 5.11 Å². The lowest BCUT2D eigenvalue weighted by molar-refractivity contribution is -0.138. The number of halogens is 1. The lowest BCUT2D eigenvalue weighted by atomic mass is 9.94. The molecule has 21 heavy (non-hydrogen) atoms. The monoisotopic (exact) mass is 304 g/mol. The summed E-state index contributed by atoms with van der Waals surface area (Å²) in [7, 11) is -2.69. The highest BCUT2D eigenvalue weighted by Gasteiger charge is 2.26. The fourth-order valence-electron chi connectivity index (χ4n) is 1.76. The smallest absolute Gasteiger partial charge is 0.315 e. The van der Waals surface area contributed by atoms with Gasteiger partial charge in [-0.1, -0.05) is 24.0 Å². The van der Waals surface area contributed by atoms with Crippen LogP contribution in [0.4, 0.5) is 4.39 Å². The van der Waals surface area contributed by atoms with Crippen molar-refractivity contribution in [2.24, 2.45) is 5.92 Å². The standard InChI is InChI=1S/C15H9FO4S/c16-12-8-5-10(6-9-12)4-7-11-2-1-3-13(15(17)18)14(11)21(19)20/h1-3,5-6,8-9,13H,(H,17,18). The van der Waals surface area contributed by atoms with Gasteiger partial charge < -0.3 is 5.11 Å². The molecule has 0 radical (unpaired) electrons. The Hall–Kier alpha value is -2.65. The number of hydrogen-bond donors (Lipinski definition) is 1. The van der Waals surface area contributed by atoms with Gasteiger partial charge in [0.2, 0.25) is 10.3 Å². The number of carbonyl (C=O) groups is 1. The highest BCUT2D eigenvalue weighted by molar-refractivity contribution is 7.73. The summed E-state index contributed by atoms with van der Waals surface area (Å²) in [5, 5.41) is 9.03. The zero-order chi connectivity index (χ0) is 15.4. The Morgan fingerprint density at radius 2 is 1.86 bits per heavy atom. The van der Waals surface area contributed by atoms with E-state index in [1.54, 1.807) is 0 Å². The first-order chi connectivity index (χ1) is 9.99. The minimum absolute atomic E-state index is 0.113. The highest BCUT2D eigenvalue weighted by Crippen LogP contribution is 2.15. The number of hydrogen-bond acceptors (Lipinski definition) is 3. The van der Waals surface area contributed by atoms with Gasteiger partial charge in [0.25, 0.3) is 0 Å². The van der Waals surface area contributed by atoms with Crippen LogP contribution in [0.25, 0.3) is 0 Å². The summed E-state index contributed by atoms with van der Waals surface area (Å²) in [6, 6.07) is 5.36. The van der Waals surface area contributed by atoms with Crippen LogP contribution < -0.4 is 0 Å². The molecule has 1 aliphatic carbocycles. The van der Waals surface area contributed by atoms with Crippen molar-refractivity contribution in [2.75, 3.05) is 0 Å². The van der Waals surface area contributed by atoms with Gasteiger partial charge in [-0.15, -0.1) is 0 Å². The van der Waals surface area contributed by atoms with Gasteiger partial charge in [-0.2, -0.15) is 8.42 Å². The van der Waals surface area contributed by atoms with E-state index < -0.39 is 28.0 Å². The molecule has 0 saturated heterocycles. The predicted octanol–water partition coefficient (Wildman–Crippen LogP) is 1.43. The minimum Gasteiger partial charge on any atom is -0.481 e. The highest BCUT2D eigenvalue weighted by atomic mass is 32.2. The quantitative estimate of drug-likeness (QED) is 0.629. The Morgan fingerprint density at radius 3 is 2.43 bits per heavy atom. The van der Waals surface area contributed by atoms with Gasteiger partial charge in [-0.3, -0.25) is 4.79 Å². The molecular formula is C15H9FO4S. The molecule has 1 N–H and O–H groups in total. The van der Waals surface area contributed by atoms with Gasteiger partial charge in [-0.05, 0) is 30.3 Å². The first-order valence-electron chi connectivity index (χ1n) is 5.84. The van der Waals surface area contributed by atoms with E-state index in [1.165, 1.54) is 42.5 Å². The molecule has 4 nitrogen and oxygen atoms in total. The maximum absolute atomic E-state index is 12.8. The third kappa shape index (κ3) is 3.46. The molecule has 6 heteroatoms. The Balaban J connectivity index is 2.42. The van der Waals surface area contributed by atoms with E-state index in [1.807, 2.05) is 0 Å². The van der Waals surface area contributed by atoms with Crippen molar-refractivity contribution < 1.29 is 22.7 Å². The van der Waals surface area contributed by atoms with Crippen LogP contribution in [-0.4, -0.2) is 24.4 Å². The van der Waals surface area contributed by atoms with Gasteiger partial charge in [0, 0.05) is 11.1 Å². The molecule has 0 aliphatic heterocycles. The van der Waals surface area contributed by atoms with E-state index in [2.05, 4.69) is 11.8 Å². The zero-order valence-electron chi connectivity index (χ0n) is 10.6. The first-order valence-corrected chi connectivity index (χ1v) is 6.92. The molecule has 0 fully saturated rings. The lowest BCUT2D eigenvalue weighted by Gasteiger charge is -2.11. The van der Waals surface area contributed by atoms with Crippen molar-refractivity contribution in [2.45, 2.75) is 0 Å². The number of allylic oxidation sites excluding steroid dienone is 3. The van der Waals surface area contributed by atoms with Gasteiger partial charge in [0.1, 0.15) is 16.6 Å². The number of rotatable bonds is 1. The van der Waals surface area contributed by atoms with E-state index >= 15 is 0 Å². The summed E-state index contributed by atoms with van der Waals surface area (Å²) in [5.41, 5.74) is 0.609. The Kier molecular flexibility index (Phi) is 4.36. The molecule has 1 aromatic carbocycles. The molecule has 0 spiro atoms. The van der Waals surface area contributed by atoms with Crippen molar-refractivity contribution >= 4 is 21.1 Å². The average Bonchev–Trinajstić information content (AvgIpc) is 2.46. The fourth-order valence-corrected chi connectivity index (χ4v) is 2.45. The molecular weight excluding hydrogens is 295 g/mol. The van der Waals surface area contributed by atoms with Crippen LogP contribution in [0.5, 0.6) is 0 Å². The second kappa shape index (κ2) is 6.20. The van der Waals surface area contributed by atoms with E-state index in [0.29, 0.717) is 5.56 Å². The summed E-state index contributed by atoms with van der Waals surface area (Å²) >= 11 is 0. The van der Waals surface area contributed by atoms with Crippen LogP contribution in [0.1, 0.15) is 5.56 Å². The maximum Gasteiger partial charge on any atom is 0.315 e. The molecule has 0 bridgehead atoms. The Morgan fingerprint density at radius 1 is 1.19 bits per heavy atom. The van der Waals surface area contributed by atoms with Gasteiger partial charge in [0.05, 0.1) is 0 Å². The summed E-state index contributed by atoms with van der Waals surface area (Å²) in [6.45, 7) is 0. The lowest BCUT2D eigenvalue weighted by Crippen LogP contribution is -2.25. The number of benzene rings is 1. The van der Waals surface area contributed by atoms with Gasteiger partial charge >= 0.3 is 5.97 Å². The largest absolute Gasteiger partial charge is 0.481 e. The SMILES string of the molecule is O=C(O)C1C=CC=C(C#Cc2ccc(F)cc2)C1=S(=O)=O. The number of carboxylic acid groups (broad SMARTS) is 1. The topological polar surface area (TPSA) is 71.4 Å². The second-order valence-electron chi connectivity index (χ2n) is 4.14. The molecule has 1 unspecified atom stereocenters. The number of aliphatic carboxylic acids is 1. The molecule has 0 heterocycles. The molecule has 1 atom stereocenters. The average molecular weight is 304 g/mol. The van der Waals surface area contributed by atoms with Crippen LogP contribution in [0, 0.1) is 23.6 Å². The van der Waals surface area contributed by atoms with Crippen LogP contribution in [0.15, 0.2) is 48.1 Å². The van der Waals surface area contributed by atoms with Crippen LogP contribution >= 0.6 is 0 Å². The summed E-state index contributed by atoms with van der Waals surface area (Å²) in [4.78, 5) is 10.8. The van der Waals surface area contributed by atoms with Crippen LogP contribution in [0.2, 0.25) is 0 Å². The molecule has 1 aromatic rings. The van der Waals surface area contributed by atoms with Crippen molar-refractivity contribution in [1.82, 2.24) is 0 Å². The van der Waals surface area contributed by atoms with E-state index in [0.717, 1.165) is 0 Å². The van der Waals surface area contributed by atoms with Gasteiger partial charge in [0.15, 0.2) is 0 Å². The summed E-state index contributed by atoms with van der Waals surface area (Å²) in [5.74, 6) is 2.39. The Labute approximate surface area is 121 Å². The van der Waals surface area contributed by atoms with Crippen molar-refractivity contribution in [1.29, 1.82) is 0 Å². The second-order valence-corrected chi connectivity index (χ2v) is 5.05. The first kappa shape index (κ1) is 14.8. The van der Waals surface area contributed by atoms with E-state index in [9.17, 15) is 17.6 Å². The Bertz CT molecular complexity index is 826. The van der Waals surface area contributed by atoms with Gasteiger partial charge in [-0.25, -0.2) is 4.39 Å². The number of carboxylic acids is 1. The summed E-state index contributed by atoms with van der Waals surface area (Å²) in [6.07, 6.45) is 4.15. The maximum atomic E-state index is 12.8. The van der Waals surface area contributed by atoms with E-state index in [-0.39, 0.29) is 10.4 Å². The third-order valence-electron chi connectivity index (χ3n) is 2.75. The normalized spacial score (nSPS) is 16.7. The third-order valence-corrected chi connectivity index (χ3v) is 3.58. The molecule has 0 amide bonds. The predicted molar refractivity (Wildman–Crippen MR) is 75.6 cm³/mol. The zero-order valence-corrected chi connectivity index (χ0v) is 11.4. The summed E-state index contributed by atoms with van der Waals surface area (Å²) < 4.78 is 35.3. The molecule has 0 saturated carbocycles. The van der Waals surface area contributed by atoms with Crippen molar-refractivity contribution in [3.05, 3.63) is 59.4 Å². The van der Waals surface area contributed by atoms with Crippen molar-refractivity contribution in [3.63, 3.8) is 0 Å². The molecule has 1 aliphatic rings.